The van der Waals surface area contributed by atoms with E-state index in [1.54, 1.807) is 16.4 Å². The zero-order valence-corrected chi connectivity index (χ0v) is 15.5. The van der Waals surface area contributed by atoms with Crippen LogP contribution in [0.2, 0.25) is 0 Å². The molecule has 10 heteroatoms. The number of fused-ring (bicyclic) bond motifs is 1. The van der Waals surface area contributed by atoms with Gasteiger partial charge in [-0.3, -0.25) is 14.6 Å². The summed E-state index contributed by atoms with van der Waals surface area (Å²) < 4.78 is 7.08. The number of hydrogen-bond donors (Lipinski definition) is 2. The number of carbonyl (C=O) groups is 2. The maximum atomic E-state index is 12.5. The number of nitrogens with zero attached hydrogens (tertiary/aromatic N) is 4. The number of rotatable bonds is 6. The lowest BCUT2D eigenvalue weighted by Gasteiger charge is -2.13. The Kier molecular flexibility index (Phi) is 5.35. The Labute approximate surface area is 160 Å². The average Bonchev–Trinajstić information content (AvgIpc) is 3.41. The van der Waals surface area contributed by atoms with E-state index in [0.717, 1.165) is 42.2 Å². The first-order chi connectivity index (χ1) is 13.2. The van der Waals surface area contributed by atoms with Gasteiger partial charge < -0.3 is 15.4 Å². The Bertz CT molecular complexity index is 835. The number of aromatic nitrogens is 4. The Hall–Kier alpha value is -2.46. The quantitative estimate of drug-likeness (QED) is 0.758. The molecule has 0 bridgehead atoms. The van der Waals surface area contributed by atoms with Crippen molar-refractivity contribution in [1.29, 1.82) is 0 Å². The van der Waals surface area contributed by atoms with Crippen molar-refractivity contribution in [3.8, 4) is 0 Å². The Morgan fingerprint density at radius 2 is 2.26 bits per heavy atom. The van der Waals surface area contributed by atoms with E-state index in [1.165, 1.54) is 18.6 Å². The first-order valence-corrected chi connectivity index (χ1v) is 9.98. The first kappa shape index (κ1) is 17.9. The van der Waals surface area contributed by atoms with Crippen LogP contribution >= 0.6 is 11.8 Å². The molecule has 2 aromatic rings. The van der Waals surface area contributed by atoms with Crippen molar-refractivity contribution in [3.05, 3.63) is 35.5 Å². The van der Waals surface area contributed by atoms with Crippen molar-refractivity contribution in [2.45, 2.75) is 37.0 Å². The number of anilines is 1. The second-order valence-electron chi connectivity index (χ2n) is 6.41. The number of ether oxygens (including phenoxy) is 1. The summed E-state index contributed by atoms with van der Waals surface area (Å²) in [4.78, 5) is 32.7. The molecule has 1 fully saturated rings. The van der Waals surface area contributed by atoms with Crippen molar-refractivity contribution in [1.82, 2.24) is 25.1 Å². The van der Waals surface area contributed by atoms with E-state index in [0.29, 0.717) is 12.4 Å². The van der Waals surface area contributed by atoms with Crippen molar-refractivity contribution < 1.29 is 14.3 Å². The minimum Gasteiger partial charge on any atom is -0.376 e. The Balaban J connectivity index is 1.46. The lowest BCUT2D eigenvalue weighted by atomic mass is 10.2. The summed E-state index contributed by atoms with van der Waals surface area (Å²) in [6.07, 6.45) is 6.46. The lowest BCUT2D eigenvalue weighted by molar-refractivity contribution is -0.122. The Morgan fingerprint density at radius 1 is 1.33 bits per heavy atom. The van der Waals surface area contributed by atoms with Gasteiger partial charge in [-0.1, -0.05) is 0 Å². The minimum atomic E-state index is -0.372. The largest absolute Gasteiger partial charge is 0.376 e. The van der Waals surface area contributed by atoms with Gasteiger partial charge in [-0.15, -0.1) is 0 Å². The molecule has 142 valence electrons. The van der Waals surface area contributed by atoms with Gasteiger partial charge in [0.05, 0.1) is 18.0 Å². The van der Waals surface area contributed by atoms with E-state index in [1.807, 2.05) is 0 Å². The van der Waals surface area contributed by atoms with Crippen LogP contribution in [-0.4, -0.2) is 50.8 Å². The molecule has 9 nitrogen and oxygen atoms in total. The summed E-state index contributed by atoms with van der Waals surface area (Å²) in [5, 5.41) is 10.2. The topological polar surface area (TPSA) is 111 Å². The lowest BCUT2D eigenvalue weighted by Crippen LogP contribution is -2.34. The molecule has 0 saturated carbocycles. The fourth-order valence-electron chi connectivity index (χ4n) is 3.13. The van der Waals surface area contributed by atoms with Gasteiger partial charge in [-0.2, -0.15) is 16.9 Å². The molecule has 0 aliphatic carbocycles. The van der Waals surface area contributed by atoms with E-state index >= 15 is 0 Å². The molecule has 2 aliphatic heterocycles. The van der Waals surface area contributed by atoms with Crippen molar-refractivity contribution in [3.63, 3.8) is 0 Å². The van der Waals surface area contributed by atoms with Gasteiger partial charge in [0.2, 0.25) is 5.91 Å². The van der Waals surface area contributed by atoms with Crippen LogP contribution in [0.3, 0.4) is 0 Å². The molecule has 0 aromatic carbocycles. The van der Waals surface area contributed by atoms with Crippen LogP contribution in [0.1, 0.15) is 34.6 Å². The fourth-order valence-corrected chi connectivity index (χ4v) is 4.17. The van der Waals surface area contributed by atoms with Crippen molar-refractivity contribution in [2.75, 3.05) is 18.5 Å². The molecule has 0 radical (unpaired) electrons. The predicted molar refractivity (Wildman–Crippen MR) is 99.2 cm³/mol. The second-order valence-corrected chi connectivity index (χ2v) is 7.39. The standard InChI is InChI=1S/C17H20N6O3S/c24-15(20-6-11-2-1-5-26-11)8-23-16(12-9-27-10-14(12)22-23)21-17(25)13-7-18-3-4-19-13/h3-4,7,11H,1-2,5-6,8-10H2,(H,20,24)(H,21,25)/t11-/m0/s1. The number of amides is 2. The van der Waals surface area contributed by atoms with E-state index in [9.17, 15) is 9.59 Å². The van der Waals surface area contributed by atoms with Crippen molar-refractivity contribution in [2.24, 2.45) is 0 Å². The van der Waals surface area contributed by atoms with Gasteiger partial charge in [-0.25, -0.2) is 9.67 Å². The number of thioether (sulfide) groups is 1. The van der Waals surface area contributed by atoms with Crippen LogP contribution in [0, 0.1) is 0 Å². The highest BCUT2D eigenvalue weighted by atomic mass is 32.2. The number of hydrogen-bond acceptors (Lipinski definition) is 7. The SMILES string of the molecule is O=C(Cn1nc2c(c1NC(=O)c1cnccn1)CSC2)NC[C@@H]1CCCO1. The molecule has 2 aromatic heterocycles. The molecular weight excluding hydrogens is 368 g/mol. The van der Waals surface area contributed by atoms with Gasteiger partial charge in [0.1, 0.15) is 18.1 Å². The van der Waals surface area contributed by atoms with E-state index in [-0.39, 0.29) is 30.2 Å². The molecular formula is C17H20N6O3S. The van der Waals surface area contributed by atoms with Gasteiger partial charge in [0.15, 0.2) is 0 Å². The summed E-state index contributed by atoms with van der Waals surface area (Å²) in [5.74, 6) is 1.55. The van der Waals surface area contributed by atoms with Crippen LogP contribution in [0.15, 0.2) is 18.6 Å². The molecule has 27 heavy (non-hydrogen) atoms. The molecule has 2 aliphatic rings. The van der Waals surface area contributed by atoms with Gasteiger partial charge >= 0.3 is 0 Å². The second kappa shape index (κ2) is 8.05. The normalized spacial score (nSPS) is 18.3. The third kappa shape index (κ3) is 4.11. The summed E-state index contributed by atoms with van der Waals surface area (Å²) in [5.41, 5.74) is 2.08. The molecule has 4 rings (SSSR count). The molecule has 0 unspecified atom stereocenters. The van der Waals surface area contributed by atoms with Crippen LogP contribution in [0.25, 0.3) is 0 Å². The van der Waals surface area contributed by atoms with Crippen LogP contribution < -0.4 is 10.6 Å². The maximum absolute atomic E-state index is 12.5. The zero-order valence-electron chi connectivity index (χ0n) is 14.7. The molecule has 2 amide bonds. The molecule has 2 N–H and O–H groups in total. The third-order valence-electron chi connectivity index (χ3n) is 4.49. The summed E-state index contributed by atoms with van der Waals surface area (Å²) in [6.45, 7) is 1.29. The molecule has 1 saturated heterocycles. The van der Waals surface area contributed by atoms with Gasteiger partial charge in [0, 0.05) is 42.6 Å². The van der Waals surface area contributed by atoms with Crippen LogP contribution in [0.4, 0.5) is 5.82 Å². The molecule has 4 heterocycles. The summed E-state index contributed by atoms with van der Waals surface area (Å²) in [7, 11) is 0. The molecule has 0 spiro atoms. The Morgan fingerprint density at radius 3 is 3.04 bits per heavy atom. The smallest absolute Gasteiger partial charge is 0.277 e. The van der Waals surface area contributed by atoms with E-state index in [2.05, 4.69) is 25.7 Å². The van der Waals surface area contributed by atoms with Crippen LogP contribution in [-0.2, 0) is 27.6 Å². The minimum absolute atomic E-state index is 0.0421. The first-order valence-electron chi connectivity index (χ1n) is 8.82. The maximum Gasteiger partial charge on any atom is 0.277 e. The van der Waals surface area contributed by atoms with E-state index in [4.69, 9.17) is 4.74 Å². The number of nitrogens with one attached hydrogen (secondary N) is 2. The highest BCUT2D eigenvalue weighted by Crippen LogP contribution is 2.34. The third-order valence-corrected chi connectivity index (χ3v) is 5.46. The monoisotopic (exact) mass is 388 g/mol. The summed E-state index contributed by atoms with van der Waals surface area (Å²) >= 11 is 1.73. The van der Waals surface area contributed by atoms with Crippen molar-refractivity contribution >= 4 is 29.4 Å². The van der Waals surface area contributed by atoms with E-state index < -0.39 is 0 Å². The molecule has 1 atom stereocenters. The highest BCUT2D eigenvalue weighted by Gasteiger charge is 2.26. The van der Waals surface area contributed by atoms with Gasteiger partial charge in [-0.05, 0) is 12.8 Å². The fraction of sp³-hybridized carbons (Fsp3) is 0.471. The van der Waals surface area contributed by atoms with Crippen LogP contribution in [0.5, 0.6) is 0 Å². The highest BCUT2D eigenvalue weighted by molar-refractivity contribution is 7.98. The number of carbonyl (C=O) groups excluding carboxylic acids is 2. The predicted octanol–water partition coefficient (Wildman–Crippen LogP) is 0.967. The average molecular weight is 388 g/mol. The zero-order chi connectivity index (χ0) is 18.6. The summed E-state index contributed by atoms with van der Waals surface area (Å²) in [6, 6.07) is 0. The van der Waals surface area contributed by atoms with Gasteiger partial charge in [0.25, 0.3) is 5.91 Å².